The van der Waals surface area contributed by atoms with Crippen molar-refractivity contribution in [1.82, 2.24) is 0 Å². The molecular formula is C49H35BO. The van der Waals surface area contributed by atoms with Crippen molar-refractivity contribution in [2.75, 3.05) is 0 Å². The zero-order valence-corrected chi connectivity index (χ0v) is 28.6. The van der Waals surface area contributed by atoms with E-state index in [0.717, 1.165) is 24.2 Å². The summed E-state index contributed by atoms with van der Waals surface area (Å²) in [5.74, 6) is 1.11. The lowest BCUT2D eigenvalue weighted by atomic mass is 9.38. The van der Waals surface area contributed by atoms with Crippen LogP contribution in [0.4, 0.5) is 0 Å². The fourth-order valence-corrected chi connectivity index (χ4v) is 8.41. The van der Waals surface area contributed by atoms with E-state index in [4.69, 9.17) is 4.42 Å². The summed E-state index contributed by atoms with van der Waals surface area (Å²) in [4.78, 5) is 0. The van der Waals surface area contributed by atoms with Crippen LogP contribution in [-0.2, 0) is 6.42 Å². The van der Waals surface area contributed by atoms with Crippen molar-refractivity contribution >= 4 is 40.1 Å². The fraction of sp³-hybridized carbons (Fsp3) is 0.0612. The van der Waals surface area contributed by atoms with Gasteiger partial charge in [0.15, 0.2) is 0 Å². The molecule has 0 N–H and O–H groups in total. The minimum atomic E-state index is 0.156. The Bertz CT molecular complexity index is 2590. The highest BCUT2D eigenvalue weighted by molar-refractivity contribution is 6.99. The van der Waals surface area contributed by atoms with Crippen LogP contribution in [0.2, 0.25) is 0 Å². The van der Waals surface area contributed by atoms with Crippen LogP contribution in [-0.4, -0.2) is 6.71 Å². The first-order valence-electron chi connectivity index (χ1n) is 18.0. The van der Waals surface area contributed by atoms with Crippen LogP contribution in [0.1, 0.15) is 23.3 Å². The second kappa shape index (κ2) is 12.0. The molecule has 0 saturated carbocycles. The molecule has 1 aliphatic heterocycles. The highest BCUT2D eigenvalue weighted by Crippen LogP contribution is 2.36. The molecule has 0 unspecified atom stereocenters. The molecule has 0 radical (unpaired) electrons. The van der Waals surface area contributed by atoms with Crippen LogP contribution >= 0.6 is 0 Å². The first kappa shape index (κ1) is 29.8. The molecule has 0 saturated heterocycles. The van der Waals surface area contributed by atoms with Gasteiger partial charge in [-0.3, -0.25) is 0 Å². The Morgan fingerprint density at radius 2 is 1.12 bits per heavy atom. The van der Waals surface area contributed by atoms with E-state index >= 15 is 0 Å². The predicted molar refractivity (Wildman–Crippen MR) is 217 cm³/mol. The molecule has 1 aromatic heterocycles. The van der Waals surface area contributed by atoms with Gasteiger partial charge in [0, 0.05) is 17.4 Å². The van der Waals surface area contributed by atoms with Gasteiger partial charge in [0.2, 0.25) is 6.71 Å². The summed E-state index contributed by atoms with van der Waals surface area (Å²) < 4.78 is 6.22. The average molecular weight is 651 g/mol. The Morgan fingerprint density at radius 3 is 1.88 bits per heavy atom. The molecule has 240 valence electrons. The van der Waals surface area contributed by atoms with E-state index in [1.165, 1.54) is 88.5 Å². The summed E-state index contributed by atoms with van der Waals surface area (Å²) in [5.41, 5.74) is 20.0. The van der Waals surface area contributed by atoms with E-state index in [2.05, 4.69) is 177 Å². The van der Waals surface area contributed by atoms with Gasteiger partial charge >= 0.3 is 0 Å². The summed E-state index contributed by atoms with van der Waals surface area (Å²) in [6.45, 7) is 2.39. The molecule has 0 amide bonds. The number of hydrogen-bond acceptors (Lipinski definition) is 1. The van der Waals surface area contributed by atoms with Crippen molar-refractivity contribution in [3.8, 4) is 55.6 Å². The summed E-state index contributed by atoms with van der Waals surface area (Å²) >= 11 is 0. The molecule has 1 aliphatic carbocycles. The molecule has 2 heteroatoms. The van der Waals surface area contributed by atoms with Gasteiger partial charge in [0.25, 0.3) is 0 Å². The molecule has 10 rings (SSSR count). The molecule has 51 heavy (non-hydrogen) atoms. The Balaban J connectivity index is 1.09. The van der Waals surface area contributed by atoms with Crippen LogP contribution in [0, 0.1) is 6.92 Å². The normalized spacial score (nSPS) is 12.9. The van der Waals surface area contributed by atoms with E-state index in [-0.39, 0.29) is 6.71 Å². The van der Waals surface area contributed by atoms with Crippen molar-refractivity contribution in [1.29, 1.82) is 0 Å². The fourth-order valence-electron chi connectivity index (χ4n) is 8.41. The molecule has 0 atom stereocenters. The van der Waals surface area contributed by atoms with Crippen molar-refractivity contribution in [2.45, 2.75) is 19.8 Å². The average Bonchev–Trinajstić information content (AvgIpc) is 3.73. The highest BCUT2D eigenvalue weighted by atomic mass is 16.3. The van der Waals surface area contributed by atoms with E-state index in [0.29, 0.717) is 0 Å². The zero-order valence-electron chi connectivity index (χ0n) is 28.6. The van der Waals surface area contributed by atoms with Gasteiger partial charge in [-0.15, -0.1) is 0 Å². The summed E-state index contributed by atoms with van der Waals surface area (Å²) in [5, 5.41) is 1.20. The molecular weight excluding hydrogens is 615 g/mol. The minimum Gasteiger partial charge on any atom is -0.460 e. The monoisotopic (exact) mass is 650 g/mol. The SMILES string of the molecule is Cc1cc(B2c3ccccc3-c3cc(-c4ccc5oc6c(c5c4)C=CCC6)ccc32)cc(-c2cc(-c3ccccc3)cc(-c3ccccc3)c2)c1. The van der Waals surface area contributed by atoms with Gasteiger partial charge in [-0.2, -0.15) is 0 Å². The van der Waals surface area contributed by atoms with Gasteiger partial charge in [0.05, 0.1) is 0 Å². The van der Waals surface area contributed by atoms with Gasteiger partial charge in [-0.25, -0.2) is 0 Å². The number of furan rings is 1. The van der Waals surface area contributed by atoms with Crippen molar-refractivity contribution < 1.29 is 4.42 Å². The highest BCUT2D eigenvalue weighted by Gasteiger charge is 2.33. The Labute approximate surface area is 299 Å². The van der Waals surface area contributed by atoms with Gasteiger partial charge in [-0.05, 0) is 105 Å². The number of benzene rings is 7. The third kappa shape index (κ3) is 5.18. The van der Waals surface area contributed by atoms with E-state index in [1.807, 2.05) is 0 Å². The first-order valence-corrected chi connectivity index (χ1v) is 18.0. The number of aryl methyl sites for hydroxylation is 2. The lowest BCUT2D eigenvalue weighted by molar-refractivity contribution is 0.546. The molecule has 7 aromatic carbocycles. The Morgan fingerprint density at radius 1 is 0.490 bits per heavy atom. The molecule has 0 fully saturated rings. The second-order valence-electron chi connectivity index (χ2n) is 14.1. The quantitative estimate of drug-likeness (QED) is 0.169. The standard InChI is InChI=1S/C49H35BO/c1-32-24-37(40-27-38(33-12-4-2-5-13-33)26-39(28-40)34-14-6-3-7-15-34)29-41(25-32)50-46-18-10-8-16-42(46)44-30-35(20-22-47(44)50)36-21-23-49-45(31-36)43-17-9-11-19-48(43)51-49/h2-10,12-18,20-31H,11,19H2,1H3. The number of allylic oxidation sites excluding steroid dienone is 1. The van der Waals surface area contributed by atoms with Crippen LogP contribution in [0.3, 0.4) is 0 Å². The topological polar surface area (TPSA) is 13.1 Å². The smallest absolute Gasteiger partial charge is 0.242 e. The van der Waals surface area contributed by atoms with Crippen LogP contribution < -0.4 is 16.4 Å². The Kier molecular flexibility index (Phi) is 7.03. The molecule has 1 nitrogen and oxygen atoms in total. The second-order valence-corrected chi connectivity index (χ2v) is 14.1. The Hall–Kier alpha value is -6.12. The van der Waals surface area contributed by atoms with Crippen molar-refractivity contribution in [3.05, 3.63) is 181 Å². The third-order valence-corrected chi connectivity index (χ3v) is 10.8. The summed E-state index contributed by atoms with van der Waals surface area (Å²) in [6.07, 6.45) is 6.51. The van der Waals surface area contributed by atoms with Crippen LogP contribution in [0.25, 0.3) is 72.7 Å². The van der Waals surface area contributed by atoms with Crippen molar-refractivity contribution in [2.24, 2.45) is 0 Å². The largest absolute Gasteiger partial charge is 0.460 e. The van der Waals surface area contributed by atoms with Gasteiger partial charge in [0.1, 0.15) is 11.3 Å². The minimum absolute atomic E-state index is 0.156. The maximum Gasteiger partial charge on any atom is 0.242 e. The first-order chi connectivity index (χ1) is 25.2. The summed E-state index contributed by atoms with van der Waals surface area (Å²) in [6, 6.07) is 58.4. The number of hydrogen-bond donors (Lipinski definition) is 0. The molecule has 2 heterocycles. The molecule has 0 bridgehead atoms. The van der Waals surface area contributed by atoms with E-state index in [1.54, 1.807) is 0 Å². The molecule has 0 spiro atoms. The molecule has 8 aromatic rings. The van der Waals surface area contributed by atoms with E-state index < -0.39 is 0 Å². The van der Waals surface area contributed by atoms with Crippen LogP contribution in [0.15, 0.2) is 168 Å². The predicted octanol–water partition coefficient (Wildman–Crippen LogP) is 10.9. The zero-order chi connectivity index (χ0) is 33.9. The van der Waals surface area contributed by atoms with Gasteiger partial charge < -0.3 is 4.42 Å². The van der Waals surface area contributed by atoms with E-state index in [9.17, 15) is 0 Å². The number of rotatable bonds is 5. The van der Waals surface area contributed by atoms with Gasteiger partial charge in [-0.1, -0.05) is 155 Å². The lowest BCUT2D eigenvalue weighted by Crippen LogP contribution is -2.49. The maximum absolute atomic E-state index is 6.22. The third-order valence-electron chi connectivity index (χ3n) is 10.8. The number of fused-ring (bicyclic) bond motifs is 6. The van der Waals surface area contributed by atoms with Crippen LogP contribution in [0.5, 0.6) is 0 Å². The van der Waals surface area contributed by atoms with Crippen molar-refractivity contribution in [3.63, 3.8) is 0 Å². The maximum atomic E-state index is 6.22. The summed E-state index contributed by atoms with van der Waals surface area (Å²) in [7, 11) is 0. The molecule has 2 aliphatic rings. The lowest BCUT2D eigenvalue weighted by Gasteiger charge is -2.16.